The van der Waals surface area contributed by atoms with Crippen molar-refractivity contribution in [3.63, 3.8) is 0 Å². The van der Waals surface area contributed by atoms with Gasteiger partial charge in [-0.3, -0.25) is 0 Å². The summed E-state index contributed by atoms with van der Waals surface area (Å²) in [5.74, 6) is 0.711. The molecule has 0 saturated carbocycles. The van der Waals surface area contributed by atoms with Crippen LogP contribution in [0.1, 0.15) is 5.56 Å². The molecule has 3 aliphatic heterocycles. The second-order valence-corrected chi connectivity index (χ2v) is 12.9. The normalized spacial score (nSPS) is 22.6. The largest absolute Gasteiger partial charge is 0.491 e. The van der Waals surface area contributed by atoms with Gasteiger partial charge in [0, 0.05) is 60.4 Å². The van der Waals surface area contributed by atoms with E-state index in [2.05, 4.69) is 66.6 Å². The minimum atomic E-state index is -1.14. The van der Waals surface area contributed by atoms with Crippen LogP contribution in [-0.4, -0.2) is 77.7 Å². The van der Waals surface area contributed by atoms with E-state index >= 15 is 0 Å². The zero-order valence-electron chi connectivity index (χ0n) is 24.5. The van der Waals surface area contributed by atoms with Gasteiger partial charge in [-0.2, -0.15) is 5.10 Å². The van der Waals surface area contributed by atoms with E-state index < -0.39 is 5.79 Å². The molecule has 3 aliphatic rings. The highest BCUT2D eigenvalue weighted by atomic mass is 35.5. The van der Waals surface area contributed by atoms with Gasteiger partial charge in [0.2, 0.25) is 5.79 Å². The molecule has 0 radical (unpaired) electrons. The number of aromatic nitrogens is 3. The number of amidine groups is 1. The van der Waals surface area contributed by atoms with Crippen LogP contribution in [0.5, 0.6) is 5.75 Å². The maximum atomic E-state index is 6.58. The van der Waals surface area contributed by atoms with Crippen LogP contribution in [-0.2, 0) is 21.8 Å². The molecule has 2 atom stereocenters. The summed E-state index contributed by atoms with van der Waals surface area (Å²) in [5, 5.41) is 9.55. The highest BCUT2D eigenvalue weighted by Crippen LogP contribution is 2.40. The van der Waals surface area contributed by atoms with Gasteiger partial charge in [0.25, 0.3) is 0 Å². The van der Waals surface area contributed by atoms with Gasteiger partial charge in [0.05, 0.1) is 17.3 Å². The first-order chi connectivity index (χ1) is 22.0. The van der Waals surface area contributed by atoms with Gasteiger partial charge in [0.1, 0.15) is 37.7 Å². The van der Waals surface area contributed by atoms with E-state index in [1.165, 1.54) is 17.7 Å². The van der Waals surface area contributed by atoms with Crippen LogP contribution in [0.2, 0.25) is 10.0 Å². The van der Waals surface area contributed by atoms with Crippen LogP contribution in [0.3, 0.4) is 0 Å². The molecule has 7 rings (SSSR count). The van der Waals surface area contributed by atoms with E-state index in [0.717, 1.165) is 55.1 Å². The molecule has 0 bridgehead atoms. The number of anilines is 2. The van der Waals surface area contributed by atoms with Gasteiger partial charge in [-0.05, 0) is 60.7 Å². The van der Waals surface area contributed by atoms with Gasteiger partial charge in [-0.25, -0.2) is 14.7 Å². The van der Waals surface area contributed by atoms with Crippen molar-refractivity contribution < 1.29 is 14.2 Å². The number of thioether (sulfide) groups is 1. The van der Waals surface area contributed by atoms with Gasteiger partial charge >= 0.3 is 0 Å². The molecular weight excluding hydrogens is 633 g/mol. The average Bonchev–Trinajstić information content (AvgIpc) is 3.85. The second kappa shape index (κ2) is 13.5. The Labute approximate surface area is 276 Å². The van der Waals surface area contributed by atoms with Crippen LogP contribution in [0.15, 0.2) is 84.4 Å². The highest BCUT2D eigenvalue weighted by Gasteiger charge is 2.45. The molecule has 234 valence electrons. The lowest BCUT2D eigenvalue weighted by Gasteiger charge is -2.37. The predicted octanol–water partition coefficient (Wildman–Crippen LogP) is 5.58. The van der Waals surface area contributed by atoms with Crippen molar-refractivity contribution in [1.29, 1.82) is 0 Å². The van der Waals surface area contributed by atoms with Crippen LogP contribution in [0, 0.1) is 0 Å². The van der Waals surface area contributed by atoms with Crippen molar-refractivity contribution in [2.24, 2.45) is 4.99 Å². The van der Waals surface area contributed by atoms with Crippen molar-refractivity contribution in [3.05, 3.63) is 95.0 Å². The fourth-order valence-electron chi connectivity index (χ4n) is 5.73. The molecule has 3 saturated heterocycles. The minimum Gasteiger partial charge on any atom is -0.491 e. The topological polar surface area (TPSA) is 89.3 Å². The number of benzene rings is 3. The van der Waals surface area contributed by atoms with Crippen molar-refractivity contribution in [2.45, 2.75) is 18.4 Å². The SMILES string of the molecule is Clc1ccc([C@]2(Cn3cncn3)OC[C@@H](COc3ccc(N4CCN(c5ccc(N=C6NCCS6)cc5)CC4)cc3)O2)c(Cl)c1. The molecule has 1 N–H and O–H groups in total. The lowest BCUT2D eigenvalue weighted by molar-refractivity contribution is -0.190. The molecule has 3 aromatic carbocycles. The number of nitrogens with zero attached hydrogens (tertiary/aromatic N) is 6. The number of halogens is 2. The molecule has 0 amide bonds. The third-order valence-electron chi connectivity index (χ3n) is 8.02. The maximum absolute atomic E-state index is 6.58. The number of hydrogen-bond acceptors (Lipinski definition) is 9. The van der Waals surface area contributed by atoms with E-state index in [1.54, 1.807) is 34.9 Å². The number of ether oxygens (including phenoxy) is 3. The number of piperazine rings is 1. The van der Waals surface area contributed by atoms with Crippen LogP contribution < -0.4 is 19.9 Å². The maximum Gasteiger partial charge on any atom is 0.217 e. The monoisotopic (exact) mass is 665 g/mol. The van der Waals surface area contributed by atoms with Crippen molar-refractivity contribution >= 4 is 57.2 Å². The molecule has 45 heavy (non-hydrogen) atoms. The molecule has 4 heterocycles. The van der Waals surface area contributed by atoms with E-state index in [4.69, 9.17) is 37.4 Å². The Kier molecular flexibility index (Phi) is 9.04. The Bertz CT molecular complexity index is 1610. The fraction of sp³-hybridized carbons (Fsp3) is 0.344. The van der Waals surface area contributed by atoms with Crippen LogP contribution in [0.4, 0.5) is 17.1 Å². The summed E-state index contributed by atoms with van der Waals surface area (Å²) in [4.78, 5) is 13.6. The summed E-state index contributed by atoms with van der Waals surface area (Å²) >= 11 is 14.5. The molecule has 13 heteroatoms. The molecule has 1 aromatic heterocycles. The Balaban J connectivity index is 0.924. The minimum absolute atomic E-state index is 0.282. The third kappa shape index (κ3) is 7.02. The smallest absolute Gasteiger partial charge is 0.217 e. The summed E-state index contributed by atoms with van der Waals surface area (Å²) in [6, 6.07) is 22.1. The number of rotatable bonds is 9. The van der Waals surface area contributed by atoms with Gasteiger partial charge in [-0.1, -0.05) is 41.0 Å². The first-order valence-electron chi connectivity index (χ1n) is 14.9. The standard InChI is InChI=1S/C32H33Cl2N7O3S/c33-23-1-10-29(30(34)17-23)32(20-41-22-35-21-37-41)43-19-28(44-32)18-42-27-8-6-26(7-9-27)40-14-12-39(13-15-40)25-4-2-24(3-5-25)38-31-36-11-16-45-31/h1-10,17,21-22,28H,11-16,18-20H2,(H,36,38)/t28-,32-/m1/s1. The summed E-state index contributed by atoms with van der Waals surface area (Å²) in [6.45, 7) is 5.73. The Morgan fingerprint density at radius 3 is 2.36 bits per heavy atom. The fourth-order valence-corrected chi connectivity index (χ4v) is 7.06. The zero-order valence-corrected chi connectivity index (χ0v) is 26.8. The molecule has 10 nitrogen and oxygen atoms in total. The van der Waals surface area contributed by atoms with E-state index in [-0.39, 0.29) is 12.6 Å². The van der Waals surface area contributed by atoms with Gasteiger partial charge in [-0.15, -0.1) is 0 Å². The molecule has 3 fully saturated rings. The number of aliphatic imine (C=N–C) groups is 1. The summed E-state index contributed by atoms with van der Waals surface area (Å²) in [7, 11) is 0. The summed E-state index contributed by atoms with van der Waals surface area (Å²) < 4.78 is 20.5. The van der Waals surface area contributed by atoms with Crippen molar-refractivity contribution in [1.82, 2.24) is 20.1 Å². The summed E-state index contributed by atoms with van der Waals surface area (Å²) in [6.07, 6.45) is 2.78. The first kappa shape index (κ1) is 30.2. The zero-order chi connectivity index (χ0) is 30.6. The second-order valence-electron chi connectivity index (χ2n) is 11.0. The Morgan fingerprint density at radius 2 is 1.71 bits per heavy atom. The first-order valence-corrected chi connectivity index (χ1v) is 16.7. The van der Waals surface area contributed by atoms with Crippen LogP contribution >= 0.6 is 35.0 Å². The predicted molar refractivity (Wildman–Crippen MR) is 179 cm³/mol. The lowest BCUT2D eigenvalue weighted by atomic mass is 10.1. The molecule has 0 unspecified atom stereocenters. The quantitative estimate of drug-likeness (QED) is 0.246. The van der Waals surface area contributed by atoms with E-state index in [1.807, 2.05) is 18.2 Å². The van der Waals surface area contributed by atoms with Gasteiger partial charge < -0.3 is 29.3 Å². The van der Waals surface area contributed by atoms with E-state index in [9.17, 15) is 0 Å². The lowest BCUT2D eigenvalue weighted by Crippen LogP contribution is -2.46. The molecule has 0 spiro atoms. The van der Waals surface area contributed by atoms with Gasteiger partial charge in [0.15, 0.2) is 5.17 Å². The highest BCUT2D eigenvalue weighted by molar-refractivity contribution is 8.14. The Hall–Kier alpha value is -3.48. The van der Waals surface area contributed by atoms with Crippen molar-refractivity contribution in [3.8, 4) is 5.75 Å². The number of nitrogens with one attached hydrogen (secondary N) is 1. The van der Waals surface area contributed by atoms with Crippen LogP contribution in [0.25, 0.3) is 0 Å². The molecule has 4 aromatic rings. The average molecular weight is 667 g/mol. The molecular formula is C32H33Cl2N7O3S. The van der Waals surface area contributed by atoms with E-state index in [0.29, 0.717) is 28.8 Å². The van der Waals surface area contributed by atoms with Crippen molar-refractivity contribution in [2.75, 3.05) is 61.5 Å². The number of hydrogen-bond donors (Lipinski definition) is 1. The molecule has 0 aliphatic carbocycles. The summed E-state index contributed by atoms with van der Waals surface area (Å²) in [5.41, 5.74) is 4.08. The Morgan fingerprint density at radius 1 is 0.978 bits per heavy atom. The third-order valence-corrected chi connectivity index (χ3v) is 9.48.